The van der Waals surface area contributed by atoms with Crippen molar-refractivity contribution in [3.8, 4) is 0 Å². The predicted octanol–water partition coefficient (Wildman–Crippen LogP) is 1.88. The van der Waals surface area contributed by atoms with Crippen molar-refractivity contribution in [2.24, 2.45) is 0 Å². The molecule has 18 heavy (non-hydrogen) atoms. The van der Waals surface area contributed by atoms with Gasteiger partial charge in [0.05, 0.1) is 17.9 Å². The fourth-order valence-corrected chi connectivity index (χ4v) is 1.99. The van der Waals surface area contributed by atoms with Gasteiger partial charge in [0.25, 0.3) is 0 Å². The lowest BCUT2D eigenvalue weighted by atomic mass is 10.2. The molecule has 0 bridgehead atoms. The standard InChI is InChI=1S/C14H23N3O/c1-5-17(6-2)14(18)10-16(4)13-8-7-11(3)9-12(13)15/h7-9H,5-6,10,15H2,1-4H3. The Morgan fingerprint density at radius 3 is 2.39 bits per heavy atom. The van der Waals surface area contributed by atoms with E-state index >= 15 is 0 Å². The molecule has 0 aliphatic carbocycles. The Balaban J connectivity index is 2.76. The third kappa shape index (κ3) is 3.39. The van der Waals surface area contributed by atoms with Gasteiger partial charge in [-0.3, -0.25) is 4.79 Å². The molecule has 0 saturated carbocycles. The molecule has 4 heteroatoms. The number of hydrogen-bond acceptors (Lipinski definition) is 3. The lowest BCUT2D eigenvalue weighted by Gasteiger charge is -2.25. The van der Waals surface area contributed by atoms with Crippen LogP contribution in [0.3, 0.4) is 0 Å². The lowest BCUT2D eigenvalue weighted by Crippen LogP contribution is -2.39. The number of benzene rings is 1. The van der Waals surface area contributed by atoms with Gasteiger partial charge in [0.15, 0.2) is 0 Å². The van der Waals surface area contributed by atoms with Crippen LogP contribution in [0.1, 0.15) is 19.4 Å². The van der Waals surface area contributed by atoms with E-state index < -0.39 is 0 Å². The van der Waals surface area contributed by atoms with Crippen molar-refractivity contribution in [1.29, 1.82) is 0 Å². The van der Waals surface area contributed by atoms with E-state index in [1.54, 1.807) is 0 Å². The number of amides is 1. The molecule has 4 nitrogen and oxygen atoms in total. The minimum absolute atomic E-state index is 0.127. The lowest BCUT2D eigenvalue weighted by molar-refractivity contribution is -0.129. The third-order valence-corrected chi connectivity index (χ3v) is 3.08. The average Bonchev–Trinajstić information content (AvgIpc) is 2.30. The number of hydrogen-bond donors (Lipinski definition) is 1. The molecule has 0 radical (unpaired) electrons. The summed E-state index contributed by atoms with van der Waals surface area (Å²) in [6.45, 7) is 7.82. The molecule has 0 aliphatic heterocycles. The fraction of sp³-hybridized carbons (Fsp3) is 0.500. The highest BCUT2D eigenvalue weighted by molar-refractivity contribution is 5.83. The summed E-state index contributed by atoms with van der Waals surface area (Å²) in [6, 6.07) is 5.89. The number of rotatable bonds is 5. The molecule has 1 rings (SSSR count). The van der Waals surface area contributed by atoms with Crippen LogP contribution < -0.4 is 10.6 Å². The van der Waals surface area contributed by atoms with E-state index in [1.165, 1.54) is 0 Å². The number of aryl methyl sites for hydroxylation is 1. The number of carbonyl (C=O) groups excluding carboxylic acids is 1. The summed E-state index contributed by atoms with van der Waals surface area (Å²) < 4.78 is 0. The van der Waals surface area contributed by atoms with Crippen LogP contribution in [0.15, 0.2) is 18.2 Å². The number of nitrogen functional groups attached to an aromatic ring is 1. The number of nitrogens with two attached hydrogens (primary N) is 1. The first kappa shape index (κ1) is 14.4. The minimum atomic E-state index is 0.127. The molecule has 0 aromatic heterocycles. The molecule has 0 atom stereocenters. The molecule has 0 fully saturated rings. The molecule has 0 spiro atoms. The maximum Gasteiger partial charge on any atom is 0.242 e. The van der Waals surface area contributed by atoms with Crippen LogP contribution >= 0.6 is 0 Å². The summed E-state index contributed by atoms with van der Waals surface area (Å²) in [5.41, 5.74) is 8.71. The van der Waals surface area contributed by atoms with Gasteiger partial charge in [-0.15, -0.1) is 0 Å². The van der Waals surface area contributed by atoms with Crippen molar-refractivity contribution >= 4 is 17.3 Å². The number of nitrogens with zero attached hydrogens (tertiary/aromatic N) is 2. The zero-order chi connectivity index (χ0) is 13.7. The Kier molecular flexibility index (Phi) is 5.01. The zero-order valence-corrected chi connectivity index (χ0v) is 11.7. The maximum atomic E-state index is 12.0. The second-order valence-electron chi connectivity index (χ2n) is 4.48. The van der Waals surface area contributed by atoms with E-state index in [-0.39, 0.29) is 5.91 Å². The van der Waals surface area contributed by atoms with Crippen molar-refractivity contribution in [1.82, 2.24) is 4.90 Å². The van der Waals surface area contributed by atoms with Gasteiger partial charge in [-0.25, -0.2) is 0 Å². The Morgan fingerprint density at radius 2 is 1.89 bits per heavy atom. The molecule has 2 N–H and O–H groups in total. The summed E-state index contributed by atoms with van der Waals surface area (Å²) >= 11 is 0. The number of anilines is 2. The summed E-state index contributed by atoms with van der Waals surface area (Å²) in [6.07, 6.45) is 0. The quantitative estimate of drug-likeness (QED) is 0.811. The number of likely N-dealkylation sites (N-methyl/N-ethyl adjacent to an activating group) is 2. The molecule has 0 aliphatic rings. The topological polar surface area (TPSA) is 49.6 Å². The molecule has 100 valence electrons. The van der Waals surface area contributed by atoms with Gasteiger partial charge < -0.3 is 15.5 Å². The van der Waals surface area contributed by atoms with Crippen molar-refractivity contribution < 1.29 is 4.79 Å². The monoisotopic (exact) mass is 249 g/mol. The van der Waals surface area contributed by atoms with Gasteiger partial charge >= 0.3 is 0 Å². The average molecular weight is 249 g/mol. The van der Waals surface area contributed by atoms with Gasteiger partial charge in [-0.1, -0.05) is 6.07 Å². The molecule has 0 unspecified atom stereocenters. The number of carbonyl (C=O) groups is 1. The first-order chi connectivity index (χ1) is 8.49. The van der Waals surface area contributed by atoms with E-state index in [1.807, 2.05) is 55.8 Å². The summed E-state index contributed by atoms with van der Waals surface area (Å²) in [7, 11) is 1.89. The van der Waals surface area contributed by atoms with E-state index in [0.717, 1.165) is 24.3 Å². The van der Waals surface area contributed by atoms with Crippen LogP contribution in [0, 0.1) is 6.92 Å². The van der Waals surface area contributed by atoms with Crippen LogP contribution in [0.4, 0.5) is 11.4 Å². The molecule has 1 amide bonds. The zero-order valence-electron chi connectivity index (χ0n) is 11.7. The fourth-order valence-electron chi connectivity index (χ4n) is 1.99. The van der Waals surface area contributed by atoms with Crippen molar-refractivity contribution in [2.45, 2.75) is 20.8 Å². The first-order valence-electron chi connectivity index (χ1n) is 6.34. The Labute approximate surface area is 109 Å². The molecular weight excluding hydrogens is 226 g/mol. The van der Waals surface area contributed by atoms with E-state index in [2.05, 4.69) is 0 Å². The summed E-state index contributed by atoms with van der Waals surface area (Å²) in [4.78, 5) is 15.7. The van der Waals surface area contributed by atoms with Gasteiger partial charge in [0, 0.05) is 20.1 Å². The van der Waals surface area contributed by atoms with Gasteiger partial charge in [0.1, 0.15) is 0 Å². The van der Waals surface area contributed by atoms with Gasteiger partial charge in [-0.2, -0.15) is 0 Å². The Hall–Kier alpha value is -1.71. The SMILES string of the molecule is CCN(CC)C(=O)CN(C)c1ccc(C)cc1N. The highest BCUT2D eigenvalue weighted by atomic mass is 16.2. The van der Waals surface area contributed by atoms with Crippen LogP contribution in [-0.4, -0.2) is 37.5 Å². The van der Waals surface area contributed by atoms with Crippen LogP contribution in [-0.2, 0) is 4.79 Å². The van der Waals surface area contributed by atoms with Crippen molar-refractivity contribution in [3.05, 3.63) is 23.8 Å². The van der Waals surface area contributed by atoms with Gasteiger partial charge in [-0.05, 0) is 38.5 Å². The van der Waals surface area contributed by atoms with Crippen LogP contribution in [0.25, 0.3) is 0 Å². The van der Waals surface area contributed by atoms with Gasteiger partial charge in [0.2, 0.25) is 5.91 Å². The van der Waals surface area contributed by atoms with Crippen molar-refractivity contribution in [3.63, 3.8) is 0 Å². The second-order valence-corrected chi connectivity index (χ2v) is 4.48. The van der Waals surface area contributed by atoms with E-state index in [9.17, 15) is 4.79 Å². The molecule has 0 saturated heterocycles. The Bertz CT molecular complexity index is 414. The minimum Gasteiger partial charge on any atom is -0.397 e. The van der Waals surface area contributed by atoms with Crippen LogP contribution in [0.5, 0.6) is 0 Å². The normalized spacial score (nSPS) is 10.2. The Morgan fingerprint density at radius 1 is 1.28 bits per heavy atom. The molecule has 1 aromatic carbocycles. The van der Waals surface area contributed by atoms with E-state index in [4.69, 9.17) is 5.73 Å². The largest absolute Gasteiger partial charge is 0.397 e. The first-order valence-corrected chi connectivity index (χ1v) is 6.34. The second kappa shape index (κ2) is 6.28. The smallest absolute Gasteiger partial charge is 0.242 e. The van der Waals surface area contributed by atoms with Crippen LogP contribution in [0.2, 0.25) is 0 Å². The summed E-state index contributed by atoms with van der Waals surface area (Å²) in [5, 5.41) is 0. The molecular formula is C14H23N3O. The summed E-state index contributed by atoms with van der Waals surface area (Å²) in [5.74, 6) is 0.127. The van der Waals surface area contributed by atoms with Crippen molar-refractivity contribution in [2.75, 3.05) is 37.3 Å². The predicted molar refractivity (Wildman–Crippen MR) is 76.8 cm³/mol. The molecule has 0 heterocycles. The highest BCUT2D eigenvalue weighted by Gasteiger charge is 2.14. The van der Waals surface area contributed by atoms with E-state index in [0.29, 0.717) is 12.2 Å². The maximum absolute atomic E-state index is 12.0. The highest BCUT2D eigenvalue weighted by Crippen LogP contribution is 2.22. The third-order valence-electron chi connectivity index (χ3n) is 3.08. The molecule has 1 aromatic rings.